The molecule has 1 aliphatic rings. The van der Waals surface area contributed by atoms with Gasteiger partial charge in [-0.05, 0) is 63.5 Å². The van der Waals surface area contributed by atoms with E-state index < -0.39 is 0 Å². The second kappa shape index (κ2) is 7.84. The van der Waals surface area contributed by atoms with Crippen LogP contribution in [0, 0.1) is 0 Å². The average molecular weight is 538 g/mol. The third-order valence-corrected chi connectivity index (χ3v) is 10.4. The molecule has 1 aliphatic carbocycles. The van der Waals surface area contributed by atoms with Gasteiger partial charge < -0.3 is 4.57 Å². The predicted octanol–water partition coefficient (Wildman–Crippen LogP) is 11.0. The van der Waals surface area contributed by atoms with Crippen LogP contribution in [0.3, 0.4) is 0 Å². The molecular weight excluding hydrogens is 515 g/mol. The van der Waals surface area contributed by atoms with Gasteiger partial charge in [0, 0.05) is 41.9 Å². The standard InChI is InChI=1S/C39H23NS/c1-3-13-25-23(10-1)12-9-19-33(25)40-34-18-8-7-16-28(34)30-21-32-36(22-35(30)40)41-39-37-26-14-4-2-11-24(26)20-31(37)27-15-5-6-17-29(27)38(32)39/h1-19,21-22H,20H2. The van der Waals surface area contributed by atoms with Crippen LogP contribution in [0.2, 0.25) is 0 Å². The second-order valence-electron chi connectivity index (χ2n) is 11.3. The summed E-state index contributed by atoms with van der Waals surface area (Å²) >= 11 is 1.96. The lowest BCUT2D eigenvalue weighted by molar-refractivity contribution is 1.20. The minimum Gasteiger partial charge on any atom is -0.309 e. The maximum absolute atomic E-state index is 2.48. The van der Waals surface area contributed by atoms with Crippen LogP contribution in [-0.2, 0) is 6.42 Å². The van der Waals surface area contributed by atoms with Gasteiger partial charge in [0.25, 0.3) is 0 Å². The summed E-state index contributed by atoms with van der Waals surface area (Å²) in [6.07, 6.45) is 1.01. The van der Waals surface area contributed by atoms with E-state index in [1.54, 1.807) is 0 Å². The smallest absolute Gasteiger partial charge is 0.0555 e. The quantitative estimate of drug-likeness (QED) is 0.196. The Hall–Kier alpha value is -4.92. The summed E-state index contributed by atoms with van der Waals surface area (Å²) in [5, 5.41) is 10.7. The Labute approximate surface area is 240 Å². The zero-order valence-corrected chi connectivity index (χ0v) is 23.0. The van der Waals surface area contributed by atoms with Gasteiger partial charge in [-0.15, -0.1) is 11.3 Å². The average Bonchev–Trinajstić information content (AvgIpc) is 3.69. The van der Waals surface area contributed by atoms with Crippen molar-refractivity contribution in [1.29, 1.82) is 0 Å². The van der Waals surface area contributed by atoms with Crippen molar-refractivity contribution in [2.75, 3.05) is 0 Å². The number of rotatable bonds is 1. The Morgan fingerprint density at radius 1 is 0.537 bits per heavy atom. The van der Waals surface area contributed by atoms with E-state index in [0.717, 1.165) is 6.42 Å². The first-order valence-corrected chi connectivity index (χ1v) is 15.1. The van der Waals surface area contributed by atoms with Crippen molar-refractivity contribution in [1.82, 2.24) is 4.57 Å². The van der Waals surface area contributed by atoms with Crippen molar-refractivity contribution in [2.45, 2.75) is 6.42 Å². The molecule has 41 heavy (non-hydrogen) atoms. The fraction of sp³-hybridized carbons (Fsp3) is 0.0256. The van der Waals surface area contributed by atoms with Crippen LogP contribution in [0.25, 0.3) is 80.3 Å². The summed E-state index contributed by atoms with van der Waals surface area (Å²) in [5.74, 6) is 0. The molecule has 0 spiro atoms. The van der Waals surface area contributed by atoms with E-state index >= 15 is 0 Å². The second-order valence-corrected chi connectivity index (χ2v) is 12.3. The van der Waals surface area contributed by atoms with Gasteiger partial charge in [-0.2, -0.15) is 0 Å². The molecule has 9 aromatic rings. The molecule has 0 saturated carbocycles. The van der Waals surface area contributed by atoms with E-state index in [9.17, 15) is 0 Å². The third kappa shape index (κ3) is 2.80. The Morgan fingerprint density at radius 2 is 1.27 bits per heavy atom. The summed E-state index contributed by atoms with van der Waals surface area (Å²) in [5.41, 5.74) is 9.52. The van der Waals surface area contributed by atoms with Crippen molar-refractivity contribution in [3.63, 3.8) is 0 Å². The lowest BCUT2D eigenvalue weighted by Crippen LogP contribution is -1.94. The van der Waals surface area contributed by atoms with E-state index in [2.05, 4.69) is 132 Å². The van der Waals surface area contributed by atoms with Crippen molar-refractivity contribution in [3.05, 3.63) is 139 Å². The lowest BCUT2D eigenvalue weighted by atomic mass is 9.94. The van der Waals surface area contributed by atoms with Crippen LogP contribution in [0.1, 0.15) is 11.1 Å². The molecule has 0 fully saturated rings. The van der Waals surface area contributed by atoms with Crippen LogP contribution in [-0.4, -0.2) is 4.57 Å². The Kier molecular flexibility index (Phi) is 4.18. The minimum absolute atomic E-state index is 1.01. The van der Waals surface area contributed by atoms with E-state index in [1.807, 2.05) is 11.3 Å². The highest BCUT2D eigenvalue weighted by molar-refractivity contribution is 7.26. The van der Waals surface area contributed by atoms with Crippen LogP contribution in [0.15, 0.2) is 127 Å². The monoisotopic (exact) mass is 537 g/mol. The first-order chi connectivity index (χ1) is 20.3. The SMILES string of the molecule is c1ccc2c(c1)Cc1c-2c2sc3cc4c(cc3c2c2ccccc12)c1ccccc1n4-c1cccc2ccccc12. The predicted molar refractivity (Wildman–Crippen MR) is 177 cm³/mol. The molecule has 0 unspecified atom stereocenters. The number of para-hydroxylation sites is 1. The van der Waals surface area contributed by atoms with Crippen molar-refractivity contribution in [3.8, 4) is 16.8 Å². The summed E-state index contributed by atoms with van der Waals surface area (Å²) in [4.78, 5) is 0. The molecule has 10 rings (SSSR count). The number of nitrogens with zero attached hydrogens (tertiary/aromatic N) is 1. The van der Waals surface area contributed by atoms with Gasteiger partial charge in [0.1, 0.15) is 0 Å². The highest BCUT2D eigenvalue weighted by Gasteiger charge is 2.26. The largest absolute Gasteiger partial charge is 0.309 e. The zero-order valence-electron chi connectivity index (χ0n) is 22.2. The molecule has 0 aliphatic heterocycles. The first-order valence-electron chi connectivity index (χ1n) is 14.2. The van der Waals surface area contributed by atoms with Crippen LogP contribution in [0.5, 0.6) is 0 Å². The fourth-order valence-corrected chi connectivity index (χ4v) is 8.80. The molecule has 0 atom stereocenters. The van der Waals surface area contributed by atoms with Gasteiger partial charge in [0.15, 0.2) is 0 Å². The Morgan fingerprint density at radius 3 is 2.20 bits per heavy atom. The molecule has 190 valence electrons. The molecule has 2 aromatic heterocycles. The van der Waals surface area contributed by atoms with Crippen LogP contribution >= 0.6 is 11.3 Å². The molecule has 2 heteroatoms. The number of fused-ring (bicyclic) bond motifs is 14. The van der Waals surface area contributed by atoms with E-state index in [0.29, 0.717) is 0 Å². The maximum Gasteiger partial charge on any atom is 0.0555 e. The van der Waals surface area contributed by atoms with Gasteiger partial charge >= 0.3 is 0 Å². The molecule has 0 radical (unpaired) electrons. The molecule has 0 N–H and O–H groups in total. The highest BCUT2D eigenvalue weighted by Crippen LogP contribution is 2.51. The minimum atomic E-state index is 1.01. The van der Waals surface area contributed by atoms with E-state index in [1.165, 1.54) is 91.5 Å². The van der Waals surface area contributed by atoms with Crippen molar-refractivity contribution in [2.24, 2.45) is 0 Å². The molecular formula is C39H23NS. The summed E-state index contributed by atoms with van der Waals surface area (Å²) < 4.78 is 5.25. The number of benzene rings is 7. The van der Waals surface area contributed by atoms with Crippen molar-refractivity contribution >= 4 is 74.9 Å². The maximum atomic E-state index is 2.48. The number of hydrogen-bond donors (Lipinski definition) is 0. The van der Waals surface area contributed by atoms with Crippen LogP contribution < -0.4 is 0 Å². The molecule has 0 amide bonds. The fourth-order valence-electron chi connectivity index (χ4n) is 7.48. The van der Waals surface area contributed by atoms with Gasteiger partial charge in [-0.25, -0.2) is 0 Å². The highest BCUT2D eigenvalue weighted by atomic mass is 32.1. The number of thiophene rings is 1. The van der Waals surface area contributed by atoms with Crippen molar-refractivity contribution < 1.29 is 0 Å². The van der Waals surface area contributed by atoms with Crippen LogP contribution in [0.4, 0.5) is 0 Å². The van der Waals surface area contributed by atoms with Gasteiger partial charge in [-0.1, -0.05) is 103 Å². The van der Waals surface area contributed by atoms with Gasteiger partial charge in [-0.3, -0.25) is 0 Å². The molecule has 7 aromatic carbocycles. The third-order valence-electron chi connectivity index (χ3n) is 9.19. The number of hydrogen-bond acceptors (Lipinski definition) is 1. The summed E-state index contributed by atoms with van der Waals surface area (Å²) in [6.45, 7) is 0. The summed E-state index contributed by atoms with van der Waals surface area (Å²) in [6, 6.07) is 47.2. The Bertz CT molecular complexity index is 2560. The normalized spacial score (nSPS) is 12.8. The van der Waals surface area contributed by atoms with Gasteiger partial charge in [0.05, 0.1) is 16.7 Å². The first kappa shape index (κ1) is 21.8. The van der Waals surface area contributed by atoms with E-state index in [-0.39, 0.29) is 0 Å². The lowest BCUT2D eigenvalue weighted by Gasteiger charge is -2.11. The molecule has 1 nitrogen and oxygen atoms in total. The Balaban J connectivity index is 1.40. The number of aromatic nitrogens is 1. The molecule has 0 bridgehead atoms. The summed E-state index contributed by atoms with van der Waals surface area (Å²) in [7, 11) is 0. The topological polar surface area (TPSA) is 4.93 Å². The van der Waals surface area contributed by atoms with E-state index in [4.69, 9.17) is 0 Å². The van der Waals surface area contributed by atoms with Gasteiger partial charge in [0.2, 0.25) is 0 Å². The molecule has 2 heterocycles. The molecule has 0 saturated heterocycles. The zero-order chi connectivity index (χ0) is 26.7.